The molecular formula is C20H27N5O3S. The van der Waals surface area contributed by atoms with Crippen molar-refractivity contribution in [2.75, 3.05) is 26.3 Å². The Morgan fingerprint density at radius 3 is 2.86 bits per heavy atom. The van der Waals surface area contributed by atoms with Gasteiger partial charge in [-0.25, -0.2) is 15.0 Å². The molecule has 0 radical (unpaired) electrons. The maximum atomic E-state index is 12.6. The molecule has 2 saturated heterocycles. The van der Waals surface area contributed by atoms with E-state index in [0.717, 1.165) is 35.9 Å². The summed E-state index contributed by atoms with van der Waals surface area (Å²) in [6, 6.07) is 0. The minimum atomic E-state index is -0.507. The molecule has 8 nitrogen and oxygen atoms in total. The van der Waals surface area contributed by atoms with E-state index in [4.69, 9.17) is 9.47 Å². The van der Waals surface area contributed by atoms with Crippen LogP contribution < -0.4 is 5.32 Å². The van der Waals surface area contributed by atoms with E-state index in [2.05, 4.69) is 32.1 Å². The Hall–Kier alpha value is -1.94. The summed E-state index contributed by atoms with van der Waals surface area (Å²) < 4.78 is 11.9. The van der Waals surface area contributed by atoms with Gasteiger partial charge in [0.2, 0.25) is 5.91 Å². The first-order chi connectivity index (χ1) is 13.9. The van der Waals surface area contributed by atoms with Gasteiger partial charge in [0.25, 0.3) is 0 Å². The van der Waals surface area contributed by atoms with Gasteiger partial charge in [0.15, 0.2) is 0 Å². The molecule has 1 N–H and O–H groups in total. The molecule has 0 aliphatic carbocycles. The Kier molecular flexibility index (Phi) is 5.91. The number of thiazole rings is 1. The molecule has 0 unspecified atom stereocenters. The summed E-state index contributed by atoms with van der Waals surface area (Å²) in [4.78, 5) is 29.2. The van der Waals surface area contributed by atoms with Gasteiger partial charge in [0.1, 0.15) is 17.5 Å². The van der Waals surface area contributed by atoms with E-state index in [1.165, 1.54) is 4.88 Å². The smallest absolute Gasteiger partial charge is 0.249 e. The molecule has 2 aromatic heterocycles. The van der Waals surface area contributed by atoms with Crippen molar-refractivity contribution in [1.82, 2.24) is 25.2 Å². The van der Waals surface area contributed by atoms with Gasteiger partial charge >= 0.3 is 0 Å². The summed E-state index contributed by atoms with van der Waals surface area (Å²) in [6.45, 7) is 9.90. The topological polar surface area (TPSA) is 89.5 Å². The summed E-state index contributed by atoms with van der Waals surface area (Å²) in [5.74, 6) is 0.452. The van der Waals surface area contributed by atoms with Crippen LogP contribution in [0.2, 0.25) is 0 Å². The number of nitrogens with one attached hydrogen (secondary N) is 1. The Balaban J connectivity index is 1.32. The van der Waals surface area contributed by atoms with Crippen molar-refractivity contribution in [1.29, 1.82) is 0 Å². The van der Waals surface area contributed by atoms with Crippen molar-refractivity contribution in [3.05, 3.63) is 39.4 Å². The number of aryl methyl sites for hydroxylation is 3. The van der Waals surface area contributed by atoms with E-state index in [0.29, 0.717) is 32.0 Å². The fraction of sp³-hybridized carbons (Fsp3) is 0.600. The van der Waals surface area contributed by atoms with Gasteiger partial charge in [-0.3, -0.25) is 9.69 Å². The molecule has 0 saturated carbocycles. The molecule has 4 rings (SSSR count). The summed E-state index contributed by atoms with van der Waals surface area (Å²) in [7, 11) is 0. The quantitative estimate of drug-likeness (QED) is 0.789. The zero-order valence-corrected chi connectivity index (χ0v) is 17.9. The van der Waals surface area contributed by atoms with Gasteiger partial charge in [0, 0.05) is 43.3 Å². The highest BCUT2D eigenvalue weighted by Crippen LogP contribution is 2.32. The second kappa shape index (κ2) is 8.43. The van der Waals surface area contributed by atoms with E-state index < -0.39 is 11.7 Å². The maximum Gasteiger partial charge on any atom is 0.249 e. The lowest BCUT2D eigenvalue weighted by molar-refractivity contribution is -0.130. The molecule has 2 aliphatic heterocycles. The van der Waals surface area contributed by atoms with Gasteiger partial charge in [0.05, 0.1) is 30.5 Å². The van der Waals surface area contributed by atoms with Crippen molar-refractivity contribution >= 4 is 17.2 Å². The lowest BCUT2D eigenvalue weighted by Gasteiger charge is -2.39. The largest absolute Gasteiger partial charge is 0.370 e. The second-order valence-corrected chi connectivity index (χ2v) is 9.17. The van der Waals surface area contributed by atoms with Crippen molar-refractivity contribution in [2.45, 2.75) is 52.0 Å². The van der Waals surface area contributed by atoms with Crippen LogP contribution in [0.3, 0.4) is 0 Å². The molecule has 156 valence electrons. The van der Waals surface area contributed by atoms with Crippen LogP contribution >= 0.6 is 11.3 Å². The predicted octanol–water partition coefficient (Wildman–Crippen LogP) is 1.53. The van der Waals surface area contributed by atoms with E-state index in [9.17, 15) is 4.79 Å². The first-order valence-electron chi connectivity index (χ1n) is 9.88. The normalized spacial score (nSPS) is 24.9. The van der Waals surface area contributed by atoms with Gasteiger partial charge in [-0.05, 0) is 26.3 Å². The zero-order valence-electron chi connectivity index (χ0n) is 17.1. The summed E-state index contributed by atoms with van der Waals surface area (Å²) in [5.41, 5.74) is 1.67. The van der Waals surface area contributed by atoms with E-state index >= 15 is 0 Å². The van der Waals surface area contributed by atoms with Crippen molar-refractivity contribution < 1.29 is 14.3 Å². The number of amides is 1. The fourth-order valence-corrected chi connectivity index (χ4v) is 4.84. The van der Waals surface area contributed by atoms with Crippen LogP contribution in [-0.2, 0) is 27.4 Å². The number of rotatable bonds is 5. The minimum Gasteiger partial charge on any atom is -0.370 e. The molecular weight excluding hydrogens is 390 g/mol. The molecule has 2 fully saturated rings. The zero-order chi connectivity index (χ0) is 20.4. The average molecular weight is 418 g/mol. The first kappa shape index (κ1) is 20.3. The lowest BCUT2D eigenvalue weighted by Crippen LogP contribution is -2.52. The van der Waals surface area contributed by atoms with E-state index in [-0.39, 0.29) is 5.91 Å². The monoisotopic (exact) mass is 417 g/mol. The Morgan fingerprint density at radius 2 is 2.14 bits per heavy atom. The number of aromatic nitrogens is 3. The molecule has 0 aromatic carbocycles. The fourth-order valence-electron chi connectivity index (χ4n) is 3.86. The Labute approximate surface area is 174 Å². The van der Waals surface area contributed by atoms with Crippen LogP contribution in [0.25, 0.3) is 0 Å². The standard InChI is InChI=1S/C20H27N5O3S/c1-13-7-21-18(22-8-13)9-23-19(26)16-6-20(12-27-16)11-25(4-5-28-20)10-17-14(2)24-15(3)29-17/h7-8,16H,4-6,9-12H2,1-3H3,(H,23,26)/t16-,20+/m1/s1. The third-order valence-corrected chi connectivity index (χ3v) is 6.40. The maximum absolute atomic E-state index is 12.6. The average Bonchev–Trinajstić information content (AvgIpc) is 3.24. The number of ether oxygens (including phenoxy) is 2. The molecule has 0 bridgehead atoms. The van der Waals surface area contributed by atoms with Crippen LogP contribution in [-0.4, -0.2) is 63.8 Å². The third kappa shape index (κ3) is 4.80. The Morgan fingerprint density at radius 1 is 1.34 bits per heavy atom. The highest BCUT2D eigenvalue weighted by atomic mass is 32.1. The van der Waals surface area contributed by atoms with E-state index in [1.807, 2.05) is 13.8 Å². The summed E-state index contributed by atoms with van der Waals surface area (Å²) in [5, 5.41) is 3.98. The second-order valence-electron chi connectivity index (χ2n) is 7.88. The van der Waals surface area contributed by atoms with Gasteiger partial charge in [-0.15, -0.1) is 11.3 Å². The number of nitrogens with zero attached hydrogens (tertiary/aromatic N) is 4. The molecule has 2 atom stereocenters. The highest BCUT2D eigenvalue weighted by Gasteiger charge is 2.46. The van der Waals surface area contributed by atoms with Crippen LogP contribution in [0, 0.1) is 20.8 Å². The minimum absolute atomic E-state index is 0.138. The lowest BCUT2D eigenvalue weighted by atomic mass is 9.97. The number of hydrogen-bond donors (Lipinski definition) is 1. The van der Waals surface area contributed by atoms with Crippen LogP contribution in [0.4, 0.5) is 0 Å². The summed E-state index contributed by atoms with van der Waals surface area (Å²) in [6.07, 6.45) is 3.54. The van der Waals surface area contributed by atoms with Gasteiger partial charge in [-0.2, -0.15) is 0 Å². The van der Waals surface area contributed by atoms with Crippen molar-refractivity contribution in [3.63, 3.8) is 0 Å². The molecule has 1 spiro atoms. The van der Waals surface area contributed by atoms with Gasteiger partial charge in [-0.1, -0.05) is 0 Å². The van der Waals surface area contributed by atoms with Crippen molar-refractivity contribution in [2.24, 2.45) is 0 Å². The van der Waals surface area contributed by atoms with Crippen LogP contribution in [0.15, 0.2) is 12.4 Å². The van der Waals surface area contributed by atoms with Crippen LogP contribution in [0.5, 0.6) is 0 Å². The molecule has 4 heterocycles. The van der Waals surface area contributed by atoms with Crippen LogP contribution in [0.1, 0.15) is 33.4 Å². The SMILES string of the molecule is Cc1cnc(CNC(=O)[C@H]2C[C@@]3(CO2)CN(Cc2sc(C)nc2C)CCO3)nc1. The number of hydrogen-bond acceptors (Lipinski definition) is 8. The molecule has 2 aliphatic rings. The first-order valence-corrected chi connectivity index (χ1v) is 10.7. The molecule has 29 heavy (non-hydrogen) atoms. The number of carbonyl (C=O) groups excluding carboxylic acids is 1. The third-order valence-electron chi connectivity index (χ3n) is 5.35. The number of carbonyl (C=O) groups is 1. The molecule has 9 heteroatoms. The van der Waals surface area contributed by atoms with E-state index in [1.54, 1.807) is 23.7 Å². The number of morpholine rings is 1. The van der Waals surface area contributed by atoms with Gasteiger partial charge < -0.3 is 14.8 Å². The van der Waals surface area contributed by atoms with Crippen molar-refractivity contribution in [3.8, 4) is 0 Å². The predicted molar refractivity (Wildman–Crippen MR) is 109 cm³/mol. The summed E-state index contributed by atoms with van der Waals surface area (Å²) >= 11 is 1.75. The highest BCUT2D eigenvalue weighted by molar-refractivity contribution is 7.11. The molecule has 1 amide bonds. The Bertz CT molecular complexity index is 872. The molecule has 2 aromatic rings.